The van der Waals surface area contributed by atoms with Crippen LogP contribution in [0.2, 0.25) is 0 Å². The summed E-state index contributed by atoms with van der Waals surface area (Å²) in [5.74, 6) is 0.855. The average molecular weight is 389 g/mol. The van der Waals surface area contributed by atoms with Gasteiger partial charge in [-0.1, -0.05) is 30.3 Å². The second-order valence-corrected chi connectivity index (χ2v) is 9.64. The van der Waals surface area contributed by atoms with Crippen molar-refractivity contribution in [3.63, 3.8) is 0 Å². The lowest BCUT2D eigenvalue weighted by Crippen LogP contribution is -2.28. The van der Waals surface area contributed by atoms with Crippen LogP contribution < -0.4 is 5.32 Å². The van der Waals surface area contributed by atoms with Crippen LogP contribution >= 0.6 is 11.8 Å². The van der Waals surface area contributed by atoms with Crippen molar-refractivity contribution in [1.82, 2.24) is 4.31 Å². The van der Waals surface area contributed by atoms with E-state index in [2.05, 4.69) is 17.4 Å². The molecule has 2 aromatic carbocycles. The molecule has 2 aromatic rings. The Morgan fingerprint density at radius 1 is 1.12 bits per heavy atom. The van der Waals surface area contributed by atoms with Gasteiger partial charge in [0.25, 0.3) is 0 Å². The molecule has 7 heteroatoms. The van der Waals surface area contributed by atoms with E-state index in [0.717, 1.165) is 11.3 Å². The summed E-state index contributed by atoms with van der Waals surface area (Å²) >= 11 is 1.57. The molecule has 1 N–H and O–H groups in total. The SMILES string of the molecule is O=C1CCSc2ccc(S(=O)(=O)N3CCC(c4ccccc4)C3)cc2N1. The average Bonchev–Trinajstić information content (AvgIpc) is 3.07. The van der Waals surface area contributed by atoms with Crippen molar-refractivity contribution in [2.45, 2.75) is 28.6 Å². The van der Waals surface area contributed by atoms with Crippen molar-refractivity contribution < 1.29 is 13.2 Å². The largest absolute Gasteiger partial charge is 0.325 e. The molecule has 26 heavy (non-hydrogen) atoms. The molecule has 0 saturated carbocycles. The van der Waals surface area contributed by atoms with Gasteiger partial charge in [0.1, 0.15) is 0 Å². The zero-order valence-electron chi connectivity index (χ0n) is 14.2. The van der Waals surface area contributed by atoms with Crippen LogP contribution in [0.4, 0.5) is 5.69 Å². The number of nitrogens with zero attached hydrogens (tertiary/aromatic N) is 1. The van der Waals surface area contributed by atoms with Crippen LogP contribution in [0.25, 0.3) is 0 Å². The lowest BCUT2D eigenvalue weighted by molar-refractivity contribution is -0.115. The van der Waals surface area contributed by atoms with Gasteiger partial charge in [0.2, 0.25) is 15.9 Å². The molecule has 1 fully saturated rings. The minimum atomic E-state index is -3.57. The van der Waals surface area contributed by atoms with E-state index in [4.69, 9.17) is 0 Å². The Hall–Kier alpha value is -1.83. The Labute approximate surface area is 157 Å². The highest BCUT2D eigenvalue weighted by atomic mass is 32.2. The molecular weight excluding hydrogens is 368 g/mol. The number of amides is 1. The summed E-state index contributed by atoms with van der Waals surface area (Å²) in [6.07, 6.45) is 1.26. The van der Waals surface area contributed by atoms with Gasteiger partial charge in [0, 0.05) is 30.2 Å². The Morgan fingerprint density at radius 3 is 2.73 bits per heavy atom. The Balaban J connectivity index is 1.58. The number of hydrogen-bond acceptors (Lipinski definition) is 4. The zero-order valence-corrected chi connectivity index (χ0v) is 15.9. The number of sulfonamides is 1. The predicted octanol–water partition coefficient (Wildman–Crippen LogP) is 3.30. The van der Waals surface area contributed by atoms with Crippen LogP contribution in [0.5, 0.6) is 0 Å². The third-order valence-corrected chi connectivity index (χ3v) is 7.81. The summed E-state index contributed by atoms with van der Waals surface area (Å²) in [7, 11) is -3.57. The van der Waals surface area contributed by atoms with Gasteiger partial charge in [-0.05, 0) is 36.1 Å². The third-order valence-electron chi connectivity index (χ3n) is 4.87. The molecule has 1 atom stereocenters. The standard InChI is InChI=1S/C19H20N2O3S2/c22-19-9-11-25-18-7-6-16(12-17(18)20-19)26(23,24)21-10-8-15(13-21)14-4-2-1-3-5-14/h1-7,12,15H,8-11,13H2,(H,20,22). The van der Waals surface area contributed by atoms with Crippen LogP contribution in [0, 0.1) is 0 Å². The van der Waals surface area contributed by atoms with Crippen molar-refractivity contribution in [1.29, 1.82) is 0 Å². The van der Waals surface area contributed by atoms with Crippen molar-refractivity contribution in [3.05, 3.63) is 54.1 Å². The molecule has 0 radical (unpaired) electrons. The van der Waals surface area contributed by atoms with Crippen LogP contribution in [-0.2, 0) is 14.8 Å². The number of rotatable bonds is 3. The monoisotopic (exact) mass is 388 g/mol. The zero-order chi connectivity index (χ0) is 18.1. The van der Waals surface area contributed by atoms with Crippen molar-refractivity contribution in [3.8, 4) is 0 Å². The fraction of sp³-hybridized carbons (Fsp3) is 0.316. The van der Waals surface area contributed by atoms with E-state index in [1.807, 2.05) is 18.2 Å². The van der Waals surface area contributed by atoms with E-state index in [0.29, 0.717) is 31.0 Å². The summed E-state index contributed by atoms with van der Waals surface area (Å²) in [6.45, 7) is 1.00. The van der Waals surface area contributed by atoms with E-state index >= 15 is 0 Å². The smallest absolute Gasteiger partial charge is 0.243 e. The third kappa shape index (κ3) is 3.39. The van der Waals surface area contributed by atoms with Gasteiger partial charge in [0.15, 0.2) is 0 Å². The van der Waals surface area contributed by atoms with Crippen LogP contribution in [0.15, 0.2) is 58.3 Å². The number of hydrogen-bond donors (Lipinski definition) is 1. The Bertz CT molecular complexity index is 929. The number of thioether (sulfide) groups is 1. The number of benzene rings is 2. The van der Waals surface area contributed by atoms with E-state index < -0.39 is 10.0 Å². The highest BCUT2D eigenvalue weighted by molar-refractivity contribution is 7.99. The van der Waals surface area contributed by atoms with E-state index in [-0.39, 0.29) is 16.7 Å². The normalized spacial score (nSPS) is 21.1. The maximum absolute atomic E-state index is 13.1. The first-order chi connectivity index (χ1) is 12.5. The second-order valence-electron chi connectivity index (χ2n) is 6.56. The fourth-order valence-electron chi connectivity index (χ4n) is 3.45. The molecule has 2 heterocycles. The molecule has 2 aliphatic heterocycles. The molecule has 0 spiro atoms. The Morgan fingerprint density at radius 2 is 1.92 bits per heavy atom. The fourth-order valence-corrected chi connectivity index (χ4v) is 5.92. The number of carbonyl (C=O) groups excluding carboxylic acids is 1. The highest BCUT2D eigenvalue weighted by Crippen LogP contribution is 2.35. The first kappa shape index (κ1) is 17.6. The van der Waals surface area contributed by atoms with Gasteiger partial charge >= 0.3 is 0 Å². The van der Waals surface area contributed by atoms with Gasteiger partial charge in [0.05, 0.1) is 10.6 Å². The number of nitrogens with one attached hydrogen (secondary N) is 1. The molecule has 0 bridgehead atoms. The molecule has 2 aliphatic rings. The minimum Gasteiger partial charge on any atom is -0.325 e. The Kier molecular flexibility index (Phi) is 4.77. The van der Waals surface area contributed by atoms with E-state index in [9.17, 15) is 13.2 Å². The van der Waals surface area contributed by atoms with Gasteiger partial charge in [-0.15, -0.1) is 11.8 Å². The summed E-state index contributed by atoms with van der Waals surface area (Å²) in [4.78, 5) is 12.9. The molecule has 0 aliphatic carbocycles. The van der Waals surface area contributed by atoms with Gasteiger partial charge in [-0.3, -0.25) is 4.79 Å². The molecule has 1 unspecified atom stereocenters. The van der Waals surface area contributed by atoms with Gasteiger partial charge < -0.3 is 5.32 Å². The topological polar surface area (TPSA) is 66.5 Å². The van der Waals surface area contributed by atoms with Crippen LogP contribution in [-0.4, -0.2) is 37.5 Å². The summed E-state index contributed by atoms with van der Waals surface area (Å²) in [6, 6.07) is 15.1. The van der Waals surface area contributed by atoms with Crippen molar-refractivity contribution >= 4 is 33.4 Å². The molecule has 4 rings (SSSR count). The predicted molar refractivity (Wildman–Crippen MR) is 103 cm³/mol. The van der Waals surface area contributed by atoms with E-state index in [1.54, 1.807) is 34.3 Å². The van der Waals surface area contributed by atoms with Gasteiger partial charge in [-0.2, -0.15) is 4.31 Å². The summed E-state index contributed by atoms with van der Waals surface area (Å²) < 4.78 is 27.7. The van der Waals surface area contributed by atoms with E-state index in [1.165, 1.54) is 5.56 Å². The van der Waals surface area contributed by atoms with Crippen LogP contribution in [0.1, 0.15) is 24.3 Å². The first-order valence-corrected chi connectivity index (χ1v) is 11.1. The quantitative estimate of drug-likeness (QED) is 0.876. The van der Waals surface area contributed by atoms with Crippen molar-refractivity contribution in [2.24, 2.45) is 0 Å². The minimum absolute atomic E-state index is 0.0730. The molecular formula is C19H20N2O3S2. The number of fused-ring (bicyclic) bond motifs is 1. The van der Waals surface area contributed by atoms with Crippen LogP contribution in [0.3, 0.4) is 0 Å². The lowest BCUT2D eigenvalue weighted by Gasteiger charge is -2.18. The lowest BCUT2D eigenvalue weighted by atomic mass is 9.99. The first-order valence-electron chi connectivity index (χ1n) is 8.66. The molecule has 1 saturated heterocycles. The number of anilines is 1. The highest BCUT2D eigenvalue weighted by Gasteiger charge is 2.33. The maximum Gasteiger partial charge on any atom is 0.243 e. The second kappa shape index (κ2) is 7.06. The van der Waals surface area contributed by atoms with Gasteiger partial charge in [-0.25, -0.2) is 8.42 Å². The van der Waals surface area contributed by atoms with Crippen molar-refractivity contribution in [2.75, 3.05) is 24.2 Å². The molecule has 0 aromatic heterocycles. The molecule has 136 valence electrons. The molecule has 1 amide bonds. The summed E-state index contributed by atoms with van der Waals surface area (Å²) in [5, 5.41) is 2.82. The summed E-state index contributed by atoms with van der Waals surface area (Å²) in [5.41, 5.74) is 1.77. The number of carbonyl (C=O) groups is 1. The molecule has 5 nitrogen and oxygen atoms in total. The maximum atomic E-state index is 13.1.